The minimum atomic E-state index is -4.14. The molecule has 4 rings (SSSR count). The second-order valence-electron chi connectivity index (χ2n) is 10.8. The Labute approximate surface area is 248 Å². The fourth-order valence-corrected chi connectivity index (χ4v) is 6.90. The van der Waals surface area contributed by atoms with Gasteiger partial charge >= 0.3 is 0 Å². The van der Waals surface area contributed by atoms with Gasteiger partial charge in [0.05, 0.1) is 10.6 Å². The Morgan fingerprint density at radius 3 is 2.34 bits per heavy atom. The molecule has 0 aliphatic heterocycles. The average molecular weight is 596 g/mol. The van der Waals surface area contributed by atoms with Gasteiger partial charge in [-0.1, -0.05) is 85.0 Å². The van der Waals surface area contributed by atoms with Crippen LogP contribution in [0.15, 0.2) is 77.7 Å². The van der Waals surface area contributed by atoms with Crippen molar-refractivity contribution in [3.8, 4) is 0 Å². The summed E-state index contributed by atoms with van der Waals surface area (Å²) in [4.78, 5) is 29.1. The molecule has 0 heterocycles. The number of aryl methyl sites for hydroxylation is 2. The Balaban J connectivity index is 1.70. The van der Waals surface area contributed by atoms with Crippen molar-refractivity contribution in [3.63, 3.8) is 0 Å². The molecular weight excluding hydrogens is 558 g/mol. The first-order chi connectivity index (χ1) is 19.6. The SMILES string of the molecule is Cc1cccc(CN(C(=O)CN(c2cc(Cl)ccc2C)S(=O)(=O)c2ccccc2)[C@@H](C)C(=O)NC2CCCCC2)c1. The van der Waals surface area contributed by atoms with Crippen LogP contribution in [-0.2, 0) is 26.2 Å². The predicted octanol–water partition coefficient (Wildman–Crippen LogP) is 6.02. The number of hydrogen-bond acceptors (Lipinski definition) is 4. The standard InChI is InChI=1S/C32H38ClN3O4S/c1-23-11-10-12-26(19-23)21-35(25(3)32(38)34-28-13-6-4-7-14-28)31(37)22-36(30-20-27(33)18-17-24(30)2)41(39,40)29-15-8-5-9-16-29/h5,8-12,15-20,25,28H,4,6-7,13-14,21-22H2,1-3H3,(H,34,38)/t25-/m0/s1. The van der Waals surface area contributed by atoms with E-state index < -0.39 is 28.5 Å². The second-order valence-corrected chi connectivity index (χ2v) is 13.1. The van der Waals surface area contributed by atoms with Crippen LogP contribution in [0.2, 0.25) is 5.02 Å². The van der Waals surface area contributed by atoms with Gasteiger partial charge in [-0.25, -0.2) is 8.42 Å². The number of benzene rings is 3. The number of amides is 2. The molecule has 0 bridgehead atoms. The molecule has 1 N–H and O–H groups in total. The van der Waals surface area contributed by atoms with E-state index >= 15 is 0 Å². The Bertz CT molecular complexity index is 1470. The van der Waals surface area contributed by atoms with Crippen LogP contribution in [0, 0.1) is 13.8 Å². The number of nitrogens with one attached hydrogen (secondary N) is 1. The van der Waals surface area contributed by atoms with E-state index in [1.807, 2.05) is 31.2 Å². The van der Waals surface area contributed by atoms with Crippen LogP contribution < -0.4 is 9.62 Å². The van der Waals surface area contributed by atoms with E-state index in [4.69, 9.17) is 11.6 Å². The van der Waals surface area contributed by atoms with E-state index in [1.165, 1.54) is 17.0 Å². The Hall–Kier alpha value is -3.36. The normalized spacial score (nSPS) is 14.7. The number of sulfonamides is 1. The zero-order valence-electron chi connectivity index (χ0n) is 23.8. The average Bonchev–Trinajstić information content (AvgIpc) is 2.96. The van der Waals surface area contributed by atoms with Gasteiger partial charge in [0.2, 0.25) is 11.8 Å². The highest BCUT2D eigenvalue weighted by Crippen LogP contribution is 2.30. The molecule has 3 aromatic rings. The lowest BCUT2D eigenvalue weighted by Crippen LogP contribution is -2.53. The smallest absolute Gasteiger partial charge is 0.264 e. The largest absolute Gasteiger partial charge is 0.352 e. The molecule has 1 aliphatic rings. The van der Waals surface area contributed by atoms with E-state index in [9.17, 15) is 18.0 Å². The van der Waals surface area contributed by atoms with Crippen molar-refractivity contribution in [1.82, 2.24) is 10.2 Å². The molecule has 0 spiro atoms. The van der Waals surface area contributed by atoms with Crippen molar-refractivity contribution >= 4 is 39.1 Å². The summed E-state index contributed by atoms with van der Waals surface area (Å²) in [6.45, 7) is 5.10. The van der Waals surface area contributed by atoms with E-state index in [0.717, 1.165) is 47.5 Å². The fourth-order valence-electron chi connectivity index (χ4n) is 5.24. The highest BCUT2D eigenvalue weighted by Gasteiger charge is 2.33. The van der Waals surface area contributed by atoms with Crippen LogP contribution in [0.5, 0.6) is 0 Å². The van der Waals surface area contributed by atoms with Crippen LogP contribution in [0.4, 0.5) is 5.69 Å². The van der Waals surface area contributed by atoms with Gasteiger partial charge in [0.25, 0.3) is 10.0 Å². The van der Waals surface area contributed by atoms with E-state index in [1.54, 1.807) is 50.2 Å². The molecule has 3 aromatic carbocycles. The van der Waals surface area contributed by atoms with Gasteiger partial charge < -0.3 is 10.2 Å². The van der Waals surface area contributed by atoms with Gasteiger partial charge in [-0.2, -0.15) is 0 Å². The molecule has 1 atom stereocenters. The summed E-state index contributed by atoms with van der Waals surface area (Å²) >= 11 is 6.29. The van der Waals surface area contributed by atoms with Crippen molar-refractivity contribution in [2.45, 2.75) is 76.4 Å². The summed E-state index contributed by atoms with van der Waals surface area (Å²) in [6, 6.07) is 20.0. The number of carbonyl (C=O) groups is 2. The third-order valence-corrected chi connectivity index (χ3v) is 9.61. The zero-order chi connectivity index (χ0) is 29.6. The summed E-state index contributed by atoms with van der Waals surface area (Å²) in [5.74, 6) is -0.731. The van der Waals surface area contributed by atoms with Gasteiger partial charge in [0, 0.05) is 17.6 Å². The molecule has 7 nitrogen and oxygen atoms in total. The lowest BCUT2D eigenvalue weighted by Gasteiger charge is -2.33. The van der Waals surface area contributed by atoms with Crippen molar-refractivity contribution in [2.75, 3.05) is 10.8 Å². The highest BCUT2D eigenvalue weighted by molar-refractivity contribution is 7.92. The molecule has 1 fully saturated rings. The van der Waals surface area contributed by atoms with E-state index in [0.29, 0.717) is 16.3 Å². The molecule has 0 unspecified atom stereocenters. The number of nitrogens with zero attached hydrogens (tertiary/aromatic N) is 2. The number of hydrogen-bond donors (Lipinski definition) is 1. The maximum atomic E-state index is 14.1. The Morgan fingerprint density at radius 1 is 0.951 bits per heavy atom. The molecule has 0 saturated heterocycles. The summed E-state index contributed by atoms with van der Waals surface area (Å²) in [6.07, 6.45) is 5.13. The first-order valence-electron chi connectivity index (χ1n) is 14.1. The molecule has 0 aromatic heterocycles. The number of rotatable bonds is 10. The van der Waals surface area contributed by atoms with Crippen molar-refractivity contribution in [2.24, 2.45) is 0 Å². The minimum absolute atomic E-state index is 0.0560. The molecule has 2 amide bonds. The first kappa shape index (κ1) is 30.6. The third-order valence-electron chi connectivity index (χ3n) is 7.60. The molecule has 218 valence electrons. The predicted molar refractivity (Wildman–Crippen MR) is 163 cm³/mol. The quantitative estimate of drug-likeness (QED) is 0.311. The van der Waals surface area contributed by atoms with Crippen molar-refractivity contribution in [3.05, 3.63) is 94.5 Å². The minimum Gasteiger partial charge on any atom is -0.352 e. The molecular formula is C32H38ClN3O4S. The monoisotopic (exact) mass is 595 g/mol. The number of halogens is 1. The van der Waals surface area contributed by atoms with Crippen LogP contribution >= 0.6 is 11.6 Å². The van der Waals surface area contributed by atoms with Gasteiger partial charge in [0.15, 0.2) is 0 Å². The Morgan fingerprint density at radius 2 is 1.66 bits per heavy atom. The first-order valence-corrected chi connectivity index (χ1v) is 15.9. The van der Waals surface area contributed by atoms with Crippen molar-refractivity contribution in [1.29, 1.82) is 0 Å². The zero-order valence-corrected chi connectivity index (χ0v) is 25.4. The van der Waals surface area contributed by atoms with Crippen LogP contribution in [0.25, 0.3) is 0 Å². The van der Waals surface area contributed by atoms with E-state index in [2.05, 4.69) is 5.32 Å². The fraction of sp³-hybridized carbons (Fsp3) is 0.375. The van der Waals surface area contributed by atoms with Crippen LogP contribution in [0.3, 0.4) is 0 Å². The number of carbonyl (C=O) groups excluding carboxylic acids is 2. The van der Waals surface area contributed by atoms with Crippen LogP contribution in [-0.4, -0.2) is 43.8 Å². The van der Waals surface area contributed by atoms with Gasteiger partial charge in [0.1, 0.15) is 12.6 Å². The summed E-state index contributed by atoms with van der Waals surface area (Å²) < 4.78 is 29.0. The van der Waals surface area contributed by atoms with Crippen LogP contribution in [0.1, 0.15) is 55.7 Å². The lowest BCUT2D eigenvalue weighted by atomic mass is 9.95. The maximum absolute atomic E-state index is 14.1. The molecule has 41 heavy (non-hydrogen) atoms. The summed E-state index contributed by atoms with van der Waals surface area (Å²) in [5, 5.41) is 3.48. The third kappa shape index (κ3) is 7.68. The van der Waals surface area contributed by atoms with Gasteiger partial charge in [-0.3, -0.25) is 13.9 Å². The van der Waals surface area contributed by atoms with Gasteiger partial charge in [-0.15, -0.1) is 0 Å². The molecule has 0 radical (unpaired) electrons. The Kier molecular flexibility index (Phi) is 10.1. The lowest BCUT2D eigenvalue weighted by molar-refractivity contribution is -0.139. The van der Waals surface area contributed by atoms with Gasteiger partial charge in [-0.05, 0) is 69.0 Å². The van der Waals surface area contributed by atoms with E-state index in [-0.39, 0.29) is 23.4 Å². The molecule has 1 aliphatic carbocycles. The second kappa shape index (κ2) is 13.5. The highest BCUT2D eigenvalue weighted by atomic mass is 35.5. The topological polar surface area (TPSA) is 86.8 Å². The molecule has 1 saturated carbocycles. The number of anilines is 1. The molecule has 9 heteroatoms. The maximum Gasteiger partial charge on any atom is 0.264 e. The van der Waals surface area contributed by atoms with Crippen molar-refractivity contribution < 1.29 is 18.0 Å². The summed E-state index contributed by atoms with van der Waals surface area (Å²) in [5.41, 5.74) is 2.84. The summed E-state index contributed by atoms with van der Waals surface area (Å²) in [7, 11) is -4.14.